The number of unbranched alkanes of at least 4 members (excludes halogenated alkanes) is 4. The Balaban J connectivity index is 2.32. The molecule has 0 saturated carbocycles. The van der Waals surface area contributed by atoms with Gasteiger partial charge in [-0.1, -0.05) is 52.4 Å². The van der Waals surface area contributed by atoms with E-state index in [1.807, 2.05) is 17.9 Å². The van der Waals surface area contributed by atoms with Gasteiger partial charge in [0.2, 0.25) is 0 Å². The van der Waals surface area contributed by atoms with E-state index in [0.717, 1.165) is 6.54 Å². The summed E-state index contributed by atoms with van der Waals surface area (Å²) in [7, 11) is 2.01. The monoisotopic (exact) mass is 265 g/mol. The van der Waals surface area contributed by atoms with E-state index in [2.05, 4.69) is 30.3 Å². The molecule has 0 aromatic carbocycles. The smallest absolute Gasteiger partial charge is 0.0518 e. The molecule has 19 heavy (non-hydrogen) atoms. The molecule has 0 bridgehead atoms. The molecule has 0 radical (unpaired) electrons. The first-order valence-electron chi connectivity index (χ1n) is 7.98. The van der Waals surface area contributed by atoms with Gasteiger partial charge in [0.1, 0.15) is 0 Å². The fourth-order valence-electron chi connectivity index (χ4n) is 2.45. The third kappa shape index (κ3) is 6.76. The van der Waals surface area contributed by atoms with Crippen LogP contribution in [0.1, 0.15) is 70.9 Å². The van der Waals surface area contributed by atoms with Crippen LogP contribution in [0.4, 0.5) is 0 Å². The third-order valence-corrected chi connectivity index (χ3v) is 3.81. The van der Waals surface area contributed by atoms with Crippen molar-refractivity contribution in [3.63, 3.8) is 0 Å². The minimum Gasteiger partial charge on any atom is -0.308 e. The zero-order valence-electron chi connectivity index (χ0n) is 13.0. The van der Waals surface area contributed by atoms with Crippen molar-refractivity contribution >= 4 is 0 Å². The predicted molar refractivity (Wildman–Crippen MR) is 82.1 cm³/mol. The van der Waals surface area contributed by atoms with E-state index in [1.165, 1.54) is 57.1 Å². The van der Waals surface area contributed by atoms with E-state index in [1.54, 1.807) is 0 Å². The van der Waals surface area contributed by atoms with Gasteiger partial charge in [-0.05, 0) is 18.9 Å². The fourth-order valence-corrected chi connectivity index (χ4v) is 2.45. The molecule has 0 aliphatic carbocycles. The van der Waals surface area contributed by atoms with Crippen molar-refractivity contribution in [3.05, 3.63) is 18.0 Å². The van der Waals surface area contributed by atoms with Gasteiger partial charge in [0.05, 0.1) is 5.69 Å². The normalized spacial score (nSPS) is 11.4. The molecule has 0 fully saturated rings. The summed E-state index contributed by atoms with van der Waals surface area (Å²) in [6.07, 6.45) is 12.5. The lowest BCUT2D eigenvalue weighted by atomic mass is 10.0. The first-order valence-corrected chi connectivity index (χ1v) is 7.98. The average Bonchev–Trinajstić information content (AvgIpc) is 2.81. The average molecular weight is 265 g/mol. The second-order valence-corrected chi connectivity index (χ2v) is 5.52. The molecule has 1 rings (SSSR count). The quantitative estimate of drug-likeness (QED) is 0.612. The van der Waals surface area contributed by atoms with Gasteiger partial charge in [-0.3, -0.25) is 4.68 Å². The first kappa shape index (κ1) is 16.2. The number of nitrogens with one attached hydrogen (secondary N) is 1. The summed E-state index contributed by atoms with van der Waals surface area (Å²) in [6.45, 7) is 5.49. The number of aromatic nitrogens is 2. The van der Waals surface area contributed by atoms with Gasteiger partial charge in [0, 0.05) is 25.8 Å². The van der Waals surface area contributed by atoms with Gasteiger partial charge in [0.25, 0.3) is 0 Å². The van der Waals surface area contributed by atoms with Crippen LogP contribution < -0.4 is 5.32 Å². The van der Waals surface area contributed by atoms with E-state index < -0.39 is 0 Å². The molecular weight excluding hydrogens is 234 g/mol. The maximum atomic E-state index is 4.22. The molecule has 0 atom stereocenters. The minimum atomic E-state index is 0.674. The summed E-state index contributed by atoms with van der Waals surface area (Å²) in [5.41, 5.74) is 1.27. The summed E-state index contributed by atoms with van der Waals surface area (Å²) in [5, 5.41) is 7.94. The van der Waals surface area contributed by atoms with Crippen LogP contribution in [-0.2, 0) is 13.6 Å². The SMILES string of the molecule is CCCCCC(CCCCC)NCc1ccnn1C. The highest BCUT2D eigenvalue weighted by atomic mass is 15.3. The van der Waals surface area contributed by atoms with Crippen LogP contribution in [-0.4, -0.2) is 15.8 Å². The van der Waals surface area contributed by atoms with Crippen LogP contribution in [0.2, 0.25) is 0 Å². The lowest BCUT2D eigenvalue weighted by Gasteiger charge is -2.18. The molecular formula is C16H31N3. The summed E-state index contributed by atoms with van der Waals surface area (Å²) in [6, 6.07) is 2.77. The number of hydrogen-bond donors (Lipinski definition) is 1. The molecule has 0 unspecified atom stereocenters. The molecule has 0 amide bonds. The molecule has 3 heteroatoms. The van der Waals surface area contributed by atoms with Crippen LogP contribution in [0.25, 0.3) is 0 Å². The maximum absolute atomic E-state index is 4.22. The Bertz CT molecular complexity index is 310. The van der Waals surface area contributed by atoms with Gasteiger partial charge >= 0.3 is 0 Å². The zero-order chi connectivity index (χ0) is 13.9. The van der Waals surface area contributed by atoms with E-state index in [0.29, 0.717) is 6.04 Å². The second kappa shape index (κ2) is 10.0. The number of hydrogen-bond acceptors (Lipinski definition) is 2. The molecule has 0 saturated heterocycles. The lowest BCUT2D eigenvalue weighted by molar-refractivity contribution is 0.412. The van der Waals surface area contributed by atoms with Crippen LogP contribution in [0.3, 0.4) is 0 Å². The Morgan fingerprint density at radius 1 is 1.11 bits per heavy atom. The van der Waals surface area contributed by atoms with E-state index in [-0.39, 0.29) is 0 Å². The van der Waals surface area contributed by atoms with Gasteiger partial charge in [-0.25, -0.2) is 0 Å². The van der Waals surface area contributed by atoms with E-state index in [9.17, 15) is 0 Å². The highest BCUT2D eigenvalue weighted by Crippen LogP contribution is 2.12. The molecule has 1 N–H and O–H groups in total. The third-order valence-electron chi connectivity index (χ3n) is 3.81. The highest BCUT2D eigenvalue weighted by molar-refractivity contribution is 4.99. The molecule has 0 aliphatic heterocycles. The predicted octanol–water partition coefficient (Wildman–Crippen LogP) is 4.04. The van der Waals surface area contributed by atoms with Crippen molar-refractivity contribution < 1.29 is 0 Å². The zero-order valence-corrected chi connectivity index (χ0v) is 13.0. The molecule has 110 valence electrons. The Labute approximate surface area is 118 Å². The van der Waals surface area contributed by atoms with Crippen molar-refractivity contribution in [2.75, 3.05) is 0 Å². The molecule has 0 aliphatic rings. The Kier molecular flexibility index (Phi) is 8.55. The van der Waals surface area contributed by atoms with E-state index >= 15 is 0 Å². The minimum absolute atomic E-state index is 0.674. The summed E-state index contributed by atoms with van der Waals surface area (Å²) in [4.78, 5) is 0. The van der Waals surface area contributed by atoms with Gasteiger partial charge in [-0.15, -0.1) is 0 Å². The Morgan fingerprint density at radius 2 is 1.74 bits per heavy atom. The number of aryl methyl sites for hydroxylation is 1. The van der Waals surface area contributed by atoms with Crippen molar-refractivity contribution in [1.82, 2.24) is 15.1 Å². The highest BCUT2D eigenvalue weighted by Gasteiger charge is 2.08. The van der Waals surface area contributed by atoms with Gasteiger partial charge in [-0.2, -0.15) is 5.10 Å². The van der Waals surface area contributed by atoms with Gasteiger partial charge < -0.3 is 5.32 Å². The second-order valence-electron chi connectivity index (χ2n) is 5.52. The van der Waals surface area contributed by atoms with Crippen LogP contribution >= 0.6 is 0 Å². The lowest BCUT2D eigenvalue weighted by Crippen LogP contribution is -2.29. The van der Waals surface area contributed by atoms with Crippen LogP contribution in [0, 0.1) is 0 Å². The Morgan fingerprint density at radius 3 is 2.21 bits per heavy atom. The fraction of sp³-hybridized carbons (Fsp3) is 0.812. The molecule has 1 heterocycles. The Hall–Kier alpha value is -0.830. The van der Waals surface area contributed by atoms with Crippen molar-refractivity contribution in [3.8, 4) is 0 Å². The summed E-state index contributed by atoms with van der Waals surface area (Å²) >= 11 is 0. The molecule has 1 aromatic rings. The topological polar surface area (TPSA) is 29.9 Å². The number of nitrogens with zero attached hydrogens (tertiary/aromatic N) is 2. The van der Waals surface area contributed by atoms with Crippen LogP contribution in [0.15, 0.2) is 12.3 Å². The van der Waals surface area contributed by atoms with Gasteiger partial charge in [0.15, 0.2) is 0 Å². The first-order chi connectivity index (χ1) is 9.27. The summed E-state index contributed by atoms with van der Waals surface area (Å²) in [5.74, 6) is 0. The van der Waals surface area contributed by atoms with Crippen molar-refractivity contribution in [2.45, 2.75) is 77.8 Å². The molecule has 3 nitrogen and oxygen atoms in total. The molecule has 0 spiro atoms. The molecule has 1 aromatic heterocycles. The number of rotatable bonds is 11. The van der Waals surface area contributed by atoms with Crippen molar-refractivity contribution in [2.24, 2.45) is 7.05 Å². The van der Waals surface area contributed by atoms with Crippen molar-refractivity contribution in [1.29, 1.82) is 0 Å². The maximum Gasteiger partial charge on any atom is 0.0518 e. The standard InChI is InChI=1S/C16H31N3/c1-4-6-8-10-15(11-9-7-5-2)17-14-16-12-13-18-19(16)3/h12-13,15,17H,4-11,14H2,1-3H3. The largest absolute Gasteiger partial charge is 0.308 e. The van der Waals surface area contributed by atoms with Crippen LogP contribution in [0.5, 0.6) is 0 Å². The summed E-state index contributed by atoms with van der Waals surface area (Å²) < 4.78 is 1.96. The van der Waals surface area contributed by atoms with E-state index in [4.69, 9.17) is 0 Å².